The topological polar surface area (TPSA) is 45.6 Å². The van der Waals surface area contributed by atoms with Crippen molar-refractivity contribution >= 4 is 21.6 Å². The molecule has 0 aromatic carbocycles. The SMILES string of the molecule is O[C@@H]1CCOC[C@@H]1[C@H]1CCCN1c1cncc(Br)c1. The van der Waals surface area contributed by atoms with Gasteiger partial charge in [0.25, 0.3) is 0 Å². The van der Waals surface area contributed by atoms with Crippen LogP contribution in [0.1, 0.15) is 19.3 Å². The number of ether oxygens (including phenoxy) is 1. The Bertz CT molecular complexity index is 443. The van der Waals surface area contributed by atoms with Crippen molar-refractivity contribution in [1.29, 1.82) is 0 Å². The molecule has 1 aromatic heterocycles. The molecule has 0 aliphatic carbocycles. The van der Waals surface area contributed by atoms with Crippen molar-refractivity contribution in [3.63, 3.8) is 0 Å². The fourth-order valence-electron chi connectivity index (χ4n) is 3.23. The summed E-state index contributed by atoms with van der Waals surface area (Å²) in [4.78, 5) is 6.62. The van der Waals surface area contributed by atoms with Crippen molar-refractivity contribution in [2.75, 3.05) is 24.7 Å². The third kappa shape index (κ3) is 2.78. The molecule has 0 bridgehead atoms. The maximum absolute atomic E-state index is 10.2. The van der Waals surface area contributed by atoms with E-state index in [1.165, 1.54) is 6.42 Å². The Morgan fingerprint density at radius 3 is 3.05 bits per heavy atom. The summed E-state index contributed by atoms with van der Waals surface area (Å²) < 4.78 is 6.56. The number of aromatic nitrogens is 1. The standard InChI is InChI=1S/C14H19BrN2O2/c15-10-6-11(8-16-7-10)17-4-1-2-13(17)12-9-19-5-3-14(12)18/h6-8,12-14,18H,1-5,9H2/t12-,13-,14-/m1/s1. The van der Waals surface area contributed by atoms with Crippen LogP contribution >= 0.6 is 15.9 Å². The second kappa shape index (κ2) is 5.77. The average Bonchev–Trinajstić information content (AvgIpc) is 2.88. The van der Waals surface area contributed by atoms with Gasteiger partial charge in [0.05, 0.1) is 24.6 Å². The Hall–Kier alpha value is -0.650. The summed E-state index contributed by atoms with van der Waals surface area (Å²) in [6.45, 7) is 2.39. The molecule has 4 nitrogen and oxygen atoms in total. The van der Waals surface area contributed by atoms with E-state index in [0.29, 0.717) is 19.3 Å². The summed E-state index contributed by atoms with van der Waals surface area (Å²) in [6.07, 6.45) is 6.51. The van der Waals surface area contributed by atoms with Crippen LogP contribution in [0.5, 0.6) is 0 Å². The van der Waals surface area contributed by atoms with Crippen LogP contribution in [-0.4, -0.2) is 42.0 Å². The van der Waals surface area contributed by atoms with Gasteiger partial charge in [-0.3, -0.25) is 4.98 Å². The molecular weight excluding hydrogens is 308 g/mol. The monoisotopic (exact) mass is 326 g/mol. The quantitative estimate of drug-likeness (QED) is 0.905. The first-order chi connectivity index (χ1) is 9.25. The number of hydrogen-bond acceptors (Lipinski definition) is 4. The van der Waals surface area contributed by atoms with Crippen LogP contribution in [0.15, 0.2) is 22.9 Å². The van der Waals surface area contributed by atoms with Crippen LogP contribution in [0.3, 0.4) is 0 Å². The minimum atomic E-state index is -0.237. The van der Waals surface area contributed by atoms with E-state index in [9.17, 15) is 5.11 Å². The van der Waals surface area contributed by atoms with Gasteiger partial charge < -0.3 is 14.7 Å². The molecule has 2 fully saturated rings. The molecule has 0 unspecified atom stereocenters. The van der Waals surface area contributed by atoms with Gasteiger partial charge in [-0.2, -0.15) is 0 Å². The molecule has 104 valence electrons. The highest BCUT2D eigenvalue weighted by molar-refractivity contribution is 9.10. The van der Waals surface area contributed by atoms with Crippen molar-refractivity contribution in [2.45, 2.75) is 31.4 Å². The van der Waals surface area contributed by atoms with Crippen LogP contribution in [0, 0.1) is 5.92 Å². The minimum Gasteiger partial charge on any atom is -0.393 e. The van der Waals surface area contributed by atoms with Gasteiger partial charge in [0.15, 0.2) is 0 Å². The third-order valence-corrected chi connectivity index (χ3v) is 4.61. The summed E-state index contributed by atoms with van der Waals surface area (Å²) in [5.74, 6) is 0.218. The van der Waals surface area contributed by atoms with Crippen LogP contribution in [0.25, 0.3) is 0 Å². The average molecular weight is 327 g/mol. The summed E-state index contributed by atoms with van der Waals surface area (Å²) in [5, 5.41) is 10.2. The second-order valence-corrected chi connectivity index (χ2v) is 6.27. The van der Waals surface area contributed by atoms with Crippen LogP contribution in [-0.2, 0) is 4.74 Å². The summed E-state index contributed by atoms with van der Waals surface area (Å²) in [5.41, 5.74) is 1.13. The molecule has 19 heavy (non-hydrogen) atoms. The molecule has 2 aliphatic rings. The van der Waals surface area contributed by atoms with Crippen LogP contribution < -0.4 is 4.90 Å². The number of pyridine rings is 1. The number of aliphatic hydroxyl groups excluding tert-OH is 1. The molecule has 0 saturated carbocycles. The molecular formula is C14H19BrN2O2. The lowest BCUT2D eigenvalue weighted by atomic mass is 9.89. The van der Waals surface area contributed by atoms with E-state index in [4.69, 9.17) is 4.74 Å². The van der Waals surface area contributed by atoms with E-state index in [2.05, 4.69) is 31.9 Å². The lowest BCUT2D eigenvalue weighted by molar-refractivity contribution is -0.0437. The first kappa shape index (κ1) is 13.3. The van der Waals surface area contributed by atoms with Gasteiger partial charge in [0.1, 0.15) is 0 Å². The maximum atomic E-state index is 10.2. The Morgan fingerprint density at radius 2 is 2.26 bits per heavy atom. The van der Waals surface area contributed by atoms with Gasteiger partial charge in [-0.25, -0.2) is 0 Å². The zero-order valence-corrected chi connectivity index (χ0v) is 12.4. The predicted molar refractivity (Wildman–Crippen MR) is 77.2 cm³/mol. The summed E-state index contributed by atoms with van der Waals surface area (Å²) in [7, 11) is 0. The Labute approximate surface area is 121 Å². The van der Waals surface area contributed by atoms with Crippen molar-refractivity contribution in [2.24, 2.45) is 5.92 Å². The van der Waals surface area contributed by atoms with Gasteiger partial charge in [-0.15, -0.1) is 0 Å². The first-order valence-corrected chi connectivity index (χ1v) is 7.68. The summed E-state index contributed by atoms with van der Waals surface area (Å²) in [6, 6.07) is 2.47. The van der Waals surface area contributed by atoms with E-state index in [0.717, 1.165) is 29.5 Å². The smallest absolute Gasteiger partial charge is 0.0632 e. The molecule has 2 aliphatic heterocycles. The van der Waals surface area contributed by atoms with Crippen molar-refractivity contribution < 1.29 is 9.84 Å². The predicted octanol–water partition coefficient (Wildman–Crippen LogP) is 2.21. The van der Waals surface area contributed by atoms with Crippen LogP contribution in [0.4, 0.5) is 5.69 Å². The highest BCUT2D eigenvalue weighted by Gasteiger charge is 2.37. The lowest BCUT2D eigenvalue weighted by Crippen LogP contribution is -2.46. The van der Waals surface area contributed by atoms with Crippen molar-refractivity contribution in [3.05, 3.63) is 22.9 Å². The van der Waals surface area contributed by atoms with Crippen molar-refractivity contribution in [1.82, 2.24) is 4.98 Å². The fourth-order valence-corrected chi connectivity index (χ4v) is 3.58. The number of rotatable bonds is 2. The molecule has 5 heteroatoms. The second-order valence-electron chi connectivity index (χ2n) is 5.36. The van der Waals surface area contributed by atoms with E-state index in [1.807, 2.05) is 6.20 Å². The van der Waals surface area contributed by atoms with Gasteiger partial charge in [0.2, 0.25) is 0 Å². The normalized spacial score (nSPS) is 31.7. The van der Waals surface area contributed by atoms with Gasteiger partial charge in [-0.05, 0) is 41.3 Å². The molecule has 0 amide bonds. The minimum absolute atomic E-state index is 0.218. The summed E-state index contributed by atoms with van der Waals surface area (Å²) >= 11 is 3.47. The van der Waals surface area contributed by atoms with E-state index in [-0.39, 0.29) is 12.0 Å². The molecule has 0 spiro atoms. The van der Waals surface area contributed by atoms with Gasteiger partial charge in [-0.1, -0.05) is 0 Å². The van der Waals surface area contributed by atoms with E-state index < -0.39 is 0 Å². The Balaban J connectivity index is 1.81. The first-order valence-electron chi connectivity index (χ1n) is 6.89. The number of anilines is 1. The molecule has 1 aromatic rings. The highest BCUT2D eigenvalue weighted by Crippen LogP contribution is 2.33. The van der Waals surface area contributed by atoms with E-state index >= 15 is 0 Å². The fraction of sp³-hybridized carbons (Fsp3) is 0.643. The Kier molecular flexibility index (Phi) is 4.05. The van der Waals surface area contributed by atoms with Gasteiger partial charge >= 0.3 is 0 Å². The molecule has 2 saturated heterocycles. The molecule has 3 rings (SSSR count). The number of halogens is 1. The number of nitrogens with zero attached hydrogens (tertiary/aromatic N) is 2. The number of hydrogen-bond donors (Lipinski definition) is 1. The van der Waals surface area contributed by atoms with Gasteiger partial charge in [0, 0.05) is 35.8 Å². The van der Waals surface area contributed by atoms with Crippen molar-refractivity contribution in [3.8, 4) is 0 Å². The lowest BCUT2D eigenvalue weighted by Gasteiger charge is -2.37. The highest BCUT2D eigenvalue weighted by atomic mass is 79.9. The van der Waals surface area contributed by atoms with Crippen LogP contribution in [0.2, 0.25) is 0 Å². The Morgan fingerprint density at radius 1 is 1.37 bits per heavy atom. The zero-order chi connectivity index (χ0) is 13.2. The molecule has 0 radical (unpaired) electrons. The molecule has 3 atom stereocenters. The molecule has 3 heterocycles. The third-order valence-electron chi connectivity index (χ3n) is 4.18. The maximum Gasteiger partial charge on any atom is 0.0632 e. The molecule has 1 N–H and O–H groups in total. The largest absolute Gasteiger partial charge is 0.393 e. The van der Waals surface area contributed by atoms with E-state index in [1.54, 1.807) is 6.20 Å². The zero-order valence-electron chi connectivity index (χ0n) is 10.8. The number of aliphatic hydroxyl groups is 1.